The standard InChI is InChI=1S/C20H15ClO6/c1-12-8-19(23)27-18-9-15(6-7-16(12)18)25-11-20(24)26-10-17(22)13-2-4-14(21)5-3-13/h2-9H,10-11H2,1H3. The van der Waals surface area contributed by atoms with Crippen LogP contribution < -0.4 is 10.4 Å². The zero-order valence-electron chi connectivity index (χ0n) is 14.4. The van der Waals surface area contributed by atoms with Gasteiger partial charge in [-0.25, -0.2) is 9.59 Å². The van der Waals surface area contributed by atoms with Crippen LogP contribution in [0.1, 0.15) is 15.9 Å². The molecule has 3 rings (SSSR count). The lowest BCUT2D eigenvalue weighted by Gasteiger charge is -2.08. The van der Waals surface area contributed by atoms with E-state index in [0.717, 1.165) is 10.9 Å². The Hall–Kier alpha value is -3.12. The second-order valence-corrected chi connectivity index (χ2v) is 6.22. The number of hydrogen-bond acceptors (Lipinski definition) is 6. The topological polar surface area (TPSA) is 82.8 Å². The van der Waals surface area contributed by atoms with Gasteiger partial charge in [-0.15, -0.1) is 0 Å². The van der Waals surface area contributed by atoms with Gasteiger partial charge in [-0.05, 0) is 48.9 Å². The molecule has 27 heavy (non-hydrogen) atoms. The summed E-state index contributed by atoms with van der Waals surface area (Å²) < 4.78 is 15.4. The van der Waals surface area contributed by atoms with E-state index in [1.165, 1.54) is 12.1 Å². The molecule has 138 valence electrons. The SMILES string of the molecule is Cc1cc(=O)oc2cc(OCC(=O)OCC(=O)c3ccc(Cl)cc3)ccc12. The first-order chi connectivity index (χ1) is 12.9. The molecule has 1 aromatic heterocycles. The summed E-state index contributed by atoms with van der Waals surface area (Å²) in [4.78, 5) is 35.2. The van der Waals surface area contributed by atoms with E-state index >= 15 is 0 Å². The van der Waals surface area contributed by atoms with Crippen LogP contribution in [-0.2, 0) is 9.53 Å². The maximum Gasteiger partial charge on any atom is 0.344 e. The van der Waals surface area contributed by atoms with Gasteiger partial charge in [-0.1, -0.05) is 11.6 Å². The normalized spacial score (nSPS) is 10.6. The fourth-order valence-electron chi connectivity index (χ4n) is 2.44. The second-order valence-electron chi connectivity index (χ2n) is 5.79. The number of benzene rings is 2. The third kappa shape index (κ3) is 4.74. The second kappa shape index (κ2) is 8.05. The molecule has 0 aliphatic rings. The van der Waals surface area contributed by atoms with E-state index in [-0.39, 0.29) is 12.4 Å². The first kappa shape index (κ1) is 18.7. The van der Waals surface area contributed by atoms with Crippen LogP contribution in [-0.4, -0.2) is 25.0 Å². The average molecular weight is 387 g/mol. The van der Waals surface area contributed by atoms with E-state index in [1.807, 2.05) is 0 Å². The Morgan fingerprint density at radius 1 is 1.04 bits per heavy atom. The lowest BCUT2D eigenvalue weighted by molar-refractivity contribution is -0.144. The molecule has 0 saturated heterocycles. The van der Waals surface area contributed by atoms with Gasteiger partial charge < -0.3 is 13.9 Å². The zero-order valence-corrected chi connectivity index (χ0v) is 15.1. The van der Waals surface area contributed by atoms with Gasteiger partial charge in [0.25, 0.3) is 0 Å². The largest absolute Gasteiger partial charge is 0.482 e. The summed E-state index contributed by atoms with van der Waals surface area (Å²) >= 11 is 5.76. The lowest BCUT2D eigenvalue weighted by Crippen LogP contribution is -2.19. The number of rotatable bonds is 6. The molecule has 0 bridgehead atoms. The van der Waals surface area contributed by atoms with E-state index in [4.69, 9.17) is 25.5 Å². The van der Waals surface area contributed by atoms with Crippen LogP contribution in [0, 0.1) is 6.92 Å². The molecule has 0 atom stereocenters. The highest BCUT2D eigenvalue weighted by Crippen LogP contribution is 2.22. The average Bonchev–Trinajstić information content (AvgIpc) is 2.64. The summed E-state index contributed by atoms with van der Waals surface area (Å²) in [6.07, 6.45) is 0. The van der Waals surface area contributed by atoms with E-state index in [2.05, 4.69) is 0 Å². The molecule has 1 heterocycles. The number of hydrogen-bond donors (Lipinski definition) is 0. The third-order valence-electron chi connectivity index (χ3n) is 3.81. The quantitative estimate of drug-likeness (QED) is 0.366. The minimum Gasteiger partial charge on any atom is -0.482 e. The Morgan fingerprint density at radius 2 is 1.78 bits per heavy atom. The summed E-state index contributed by atoms with van der Waals surface area (Å²) in [7, 11) is 0. The van der Waals surface area contributed by atoms with Gasteiger partial charge in [0.1, 0.15) is 11.3 Å². The Labute approximate surface area is 159 Å². The maximum atomic E-state index is 11.9. The highest BCUT2D eigenvalue weighted by Gasteiger charge is 2.11. The van der Waals surface area contributed by atoms with Crippen molar-refractivity contribution in [3.05, 3.63) is 75.1 Å². The van der Waals surface area contributed by atoms with Gasteiger partial charge in [0.15, 0.2) is 19.0 Å². The van der Waals surface area contributed by atoms with Crippen molar-refractivity contribution in [1.82, 2.24) is 0 Å². The van der Waals surface area contributed by atoms with Gasteiger partial charge in [0, 0.05) is 28.1 Å². The molecule has 0 fully saturated rings. The summed E-state index contributed by atoms with van der Waals surface area (Å²) in [5.41, 5.74) is 1.09. The van der Waals surface area contributed by atoms with Crippen molar-refractivity contribution in [2.24, 2.45) is 0 Å². The predicted molar refractivity (Wildman–Crippen MR) is 99.5 cm³/mol. The highest BCUT2D eigenvalue weighted by atomic mass is 35.5. The number of carbonyl (C=O) groups is 2. The number of halogens is 1. The van der Waals surface area contributed by atoms with Crippen LogP contribution in [0.5, 0.6) is 5.75 Å². The zero-order chi connectivity index (χ0) is 19.4. The molecule has 0 amide bonds. The first-order valence-corrected chi connectivity index (χ1v) is 8.42. The van der Waals surface area contributed by atoms with Gasteiger partial charge in [0.05, 0.1) is 0 Å². The van der Waals surface area contributed by atoms with Crippen LogP contribution in [0.25, 0.3) is 11.0 Å². The molecule has 0 radical (unpaired) electrons. The van der Waals surface area contributed by atoms with Crippen LogP contribution in [0.15, 0.2) is 57.7 Å². The van der Waals surface area contributed by atoms with Crippen LogP contribution >= 0.6 is 11.6 Å². The van der Waals surface area contributed by atoms with E-state index in [1.54, 1.807) is 43.3 Å². The molecule has 0 unspecified atom stereocenters. The van der Waals surface area contributed by atoms with Crippen LogP contribution in [0.3, 0.4) is 0 Å². The summed E-state index contributed by atoms with van der Waals surface area (Å²) in [6.45, 7) is 1.03. The van der Waals surface area contributed by atoms with E-state index < -0.39 is 18.2 Å². The van der Waals surface area contributed by atoms with E-state index in [0.29, 0.717) is 21.9 Å². The predicted octanol–water partition coefficient (Wildman–Crippen LogP) is 3.56. The van der Waals surface area contributed by atoms with Gasteiger partial charge >= 0.3 is 11.6 Å². The summed E-state index contributed by atoms with van der Waals surface area (Å²) in [6, 6.07) is 12.6. The van der Waals surface area contributed by atoms with Crippen LogP contribution in [0.4, 0.5) is 0 Å². The molecule has 7 heteroatoms. The van der Waals surface area contributed by atoms with Gasteiger partial charge in [0.2, 0.25) is 0 Å². The minimum atomic E-state index is -0.692. The van der Waals surface area contributed by atoms with E-state index in [9.17, 15) is 14.4 Å². The van der Waals surface area contributed by atoms with Gasteiger partial charge in [-0.2, -0.15) is 0 Å². The molecule has 0 N–H and O–H groups in total. The molecular weight excluding hydrogens is 372 g/mol. The lowest BCUT2D eigenvalue weighted by atomic mass is 10.1. The Morgan fingerprint density at radius 3 is 2.52 bits per heavy atom. The maximum absolute atomic E-state index is 11.9. The molecule has 6 nitrogen and oxygen atoms in total. The minimum absolute atomic E-state index is 0.344. The number of esters is 1. The molecule has 0 aliphatic carbocycles. The number of aryl methyl sites for hydroxylation is 1. The fraction of sp³-hybridized carbons (Fsp3) is 0.150. The van der Waals surface area contributed by atoms with Crippen molar-refractivity contribution in [1.29, 1.82) is 0 Å². The number of ether oxygens (including phenoxy) is 2. The summed E-state index contributed by atoms with van der Waals surface area (Å²) in [5, 5.41) is 1.29. The number of fused-ring (bicyclic) bond motifs is 1. The Kier molecular flexibility index (Phi) is 5.57. The van der Waals surface area contributed by atoms with Crippen molar-refractivity contribution in [2.75, 3.05) is 13.2 Å². The van der Waals surface area contributed by atoms with Crippen molar-refractivity contribution in [3.8, 4) is 5.75 Å². The molecule has 0 aliphatic heterocycles. The fourth-order valence-corrected chi connectivity index (χ4v) is 2.57. The Bertz CT molecular complexity index is 1050. The van der Waals surface area contributed by atoms with Crippen LogP contribution in [0.2, 0.25) is 5.02 Å². The smallest absolute Gasteiger partial charge is 0.344 e. The number of ketones is 1. The van der Waals surface area contributed by atoms with Crippen molar-refractivity contribution in [3.63, 3.8) is 0 Å². The molecular formula is C20H15ClO6. The highest BCUT2D eigenvalue weighted by molar-refractivity contribution is 6.30. The molecule has 3 aromatic rings. The molecule has 0 spiro atoms. The molecule has 2 aromatic carbocycles. The first-order valence-electron chi connectivity index (χ1n) is 8.04. The van der Waals surface area contributed by atoms with Gasteiger partial charge in [-0.3, -0.25) is 4.79 Å². The monoisotopic (exact) mass is 386 g/mol. The molecule has 0 saturated carbocycles. The number of carbonyl (C=O) groups excluding carboxylic acids is 2. The van der Waals surface area contributed by atoms with Crippen molar-refractivity contribution >= 4 is 34.3 Å². The third-order valence-corrected chi connectivity index (χ3v) is 4.06. The van der Waals surface area contributed by atoms with Crippen molar-refractivity contribution in [2.45, 2.75) is 6.92 Å². The summed E-state index contributed by atoms with van der Waals surface area (Å²) in [5.74, 6) is -0.691. The number of Topliss-reactive ketones (excluding diaryl/α,β-unsaturated/α-hetero) is 1. The Balaban J connectivity index is 1.56. The van der Waals surface area contributed by atoms with Crippen molar-refractivity contribution < 1.29 is 23.5 Å².